The first-order valence-electron chi connectivity index (χ1n) is 12.9. The van der Waals surface area contributed by atoms with Crippen molar-refractivity contribution in [2.24, 2.45) is 0 Å². The van der Waals surface area contributed by atoms with Gasteiger partial charge in [-0.3, -0.25) is 0 Å². The fraction of sp³-hybridized carbons (Fsp3) is 0.212. The number of hydrogen-bond acceptors (Lipinski definition) is 6. The van der Waals surface area contributed by atoms with E-state index >= 15 is 0 Å². The molecule has 2 unspecified atom stereocenters. The molecule has 0 aromatic heterocycles. The predicted octanol–water partition coefficient (Wildman–Crippen LogP) is 7.41. The second-order valence-corrected chi connectivity index (χ2v) is 9.32. The third-order valence-electron chi connectivity index (χ3n) is 7.08. The van der Waals surface area contributed by atoms with Gasteiger partial charge in [0.2, 0.25) is 0 Å². The molecule has 6 nitrogen and oxygen atoms in total. The van der Waals surface area contributed by atoms with Crippen molar-refractivity contribution in [3.8, 4) is 23.0 Å². The number of ether oxygens (including phenoxy) is 4. The zero-order chi connectivity index (χ0) is 27.2. The van der Waals surface area contributed by atoms with Crippen molar-refractivity contribution in [1.82, 2.24) is 0 Å². The van der Waals surface area contributed by atoms with Gasteiger partial charge in [-0.15, -0.1) is 0 Å². The average Bonchev–Trinajstić information content (AvgIpc) is 3.00. The molecule has 0 radical (unpaired) electrons. The lowest BCUT2D eigenvalue weighted by molar-refractivity contribution is 0.353. The highest BCUT2D eigenvalue weighted by molar-refractivity contribution is 5.59. The topological polar surface area (TPSA) is 52.2 Å². The molecule has 1 aliphatic heterocycles. The number of nitrogens with one attached hydrogen (secondary N) is 1. The highest BCUT2D eigenvalue weighted by atomic mass is 16.5. The molecule has 0 amide bonds. The molecule has 0 spiro atoms. The van der Waals surface area contributed by atoms with Crippen LogP contribution in [0.15, 0.2) is 109 Å². The second-order valence-electron chi connectivity index (χ2n) is 9.32. The molecule has 1 N–H and O–H groups in total. The Morgan fingerprint density at radius 2 is 1.15 bits per heavy atom. The Labute approximate surface area is 230 Å². The standard InChI is InChI=1S/C33H34N2O4/c1-36-30-17-15-23(19-32(30)38-3)28-21-26(34-25-11-7-5-8-12-25)22-29(35(28)27-13-9-6-10-14-27)24-16-18-31(37-2)33(20-24)39-4/h5-21,28-29,34H,22H2,1-4H3. The molecule has 4 aromatic carbocycles. The zero-order valence-corrected chi connectivity index (χ0v) is 22.8. The number of hydrogen-bond donors (Lipinski definition) is 1. The Hall–Kier alpha value is -4.58. The number of rotatable bonds is 9. The molecule has 1 heterocycles. The van der Waals surface area contributed by atoms with E-state index in [1.165, 1.54) is 0 Å². The van der Waals surface area contributed by atoms with Crippen LogP contribution in [0.2, 0.25) is 0 Å². The summed E-state index contributed by atoms with van der Waals surface area (Å²) in [6.45, 7) is 0. The van der Waals surface area contributed by atoms with Crippen LogP contribution in [0.4, 0.5) is 11.4 Å². The lowest BCUT2D eigenvalue weighted by Crippen LogP contribution is -2.36. The fourth-order valence-corrected chi connectivity index (χ4v) is 5.21. The number of methoxy groups -OCH3 is 4. The summed E-state index contributed by atoms with van der Waals surface area (Å²) in [5.74, 6) is 2.81. The van der Waals surface area contributed by atoms with Crippen LogP contribution in [0, 0.1) is 0 Å². The van der Waals surface area contributed by atoms with Gasteiger partial charge in [-0.05, 0) is 65.7 Å². The van der Waals surface area contributed by atoms with Crippen molar-refractivity contribution < 1.29 is 18.9 Å². The molecule has 1 aliphatic rings. The minimum atomic E-state index is -0.0923. The van der Waals surface area contributed by atoms with Crippen LogP contribution < -0.4 is 29.2 Å². The summed E-state index contributed by atoms with van der Waals surface area (Å²) >= 11 is 0. The van der Waals surface area contributed by atoms with Crippen LogP contribution in [0.1, 0.15) is 29.6 Å². The second kappa shape index (κ2) is 11.9. The molecule has 0 saturated heterocycles. The Kier molecular flexibility index (Phi) is 7.92. The van der Waals surface area contributed by atoms with E-state index in [9.17, 15) is 0 Å². The van der Waals surface area contributed by atoms with Gasteiger partial charge in [0.05, 0.1) is 40.5 Å². The Morgan fingerprint density at radius 3 is 1.74 bits per heavy atom. The molecule has 0 fully saturated rings. The molecule has 5 rings (SSSR count). The summed E-state index contributed by atoms with van der Waals surface area (Å²) in [7, 11) is 6.66. The predicted molar refractivity (Wildman–Crippen MR) is 156 cm³/mol. The fourth-order valence-electron chi connectivity index (χ4n) is 5.21. The molecule has 4 aromatic rings. The van der Waals surface area contributed by atoms with Crippen LogP contribution in [0.25, 0.3) is 0 Å². The number of para-hydroxylation sites is 2. The van der Waals surface area contributed by atoms with Gasteiger partial charge in [0.1, 0.15) is 0 Å². The third-order valence-corrected chi connectivity index (χ3v) is 7.08. The molecule has 0 bridgehead atoms. The largest absolute Gasteiger partial charge is 0.493 e. The third kappa shape index (κ3) is 5.50. The van der Waals surface area contributed by atoms with Crippen molar-refractivity contribution in [2.45, 2.75) is 18.5 Å². The van der Waals surface area contributed by atoms with Gasteiger partial charge in [0.15, 0.2) is 23.0 Å². The maximum atomic E-state index is 5.69. The van der Waals surface area contributed by atoms with Gasteiger partial charge in [-0.1, -0.05) is 48.5 Å². The highest BCUT2D eigenvalue weighted by Crippen LogP contribution is 2.46. The summed E-state index contributed by atoms with van der Waals surface area (Å²) in [4.78, 5) is 2.46. The Balaban J connectivity index is 1.68. The van der Waals surface area contributed by atoms with Gasteiger partial charge < -0.3 is 29.2 Å². The monoisotopic (exact) mass is 522 g/mol. The van der Waals surface area contributed by atoms with Gasteiger partial charge in [-0.25, -0.2) is 0 Å². The molecule has 0 aliphatic carbocycles. The van der Waals surface area contributed by atoms with Gasteiger partial charge in [-0.2, -0.15) is 0 Å². The van der Waals surface area contributed by atoms with Gasteiger partial charge in [0.25, 0.3) is 0 Å². The molecule has 2 atom stereocenters. The number of benzene rings is 4. The Morgan fingerprint density at radius 1 is 0.615 bits per heavy atom. The lowest BCUT2D eigenvalue weighted by Gasteiger charge is -2.43. The smallest absolute Gasteiger partial charge is 0.161 e. The summed E-state index contributed by atoms with van der Waals surface area (Å²) in [6.07, 6.45) is 3.07. The molecular weight excluding hydrogens is 488 g/mol. The first-order valence-corrected chi connectivity index (χ1v) is 12.9. The SMILES string of the molecule is COc1ccc(C2C=C(Nc3ccccc3)CC(c3ccc(OC)c(OC)c3)N2c2ccccc2)cc1OC. The van der Waals surface area contributed by atoms with Crippen molar-refractivity contribution >= 4 is 11.4 Å². The molecule has 200 valence electrons. The van der Waals surface area contributed by atoms with E-state index < -0.39 is 0 Å². The van der Waals surface area contributed by atoms with Crippen LogP contribution in [0.3, 0.4) is 0 Å². The van der Waals surface area contributed by atoms with Crippen molar-refractivity contribution in [2.75, 3.05) is 38.7 Å². The average molecular weight is 523 g/mol. The summed E-state index contributed by atoms with van der Waals surface area (Å²) in [5, 5.41) is 3.68. The van der Waals surface area contributed by atoms with Crippen LogP contribution in [-0.2, 0) is 0 Å². The maximum Gasteiger partial charge on any atom is 0.161 e. The van der Waals surface area contributed by atoms with Crippen LogP contribution in [-0.4, -0.2) is 28.4 Å². The van der Waals surface area contributed by atoms with E-state index in [2.05, 4.69) is 77.0 Å². The lowest BCUT2D eigenvalue weighted by atomic mass is 9.89. The highest BCUT2D eigenvalue weighted by Gasteiger charge is 2.34. The van der Waals surface area contributed by atoms with E-state index in [1.54, 1.807) is 28.4 Å². The normalized spacial score (nSPS) is 16.7. The zero-order valence-electron chi connectivity index (χ0n) is 22.8. The van der Waals surface area contributed by atoms with E-state index in [4.69, 9.17) is 18.9 Å². The number of nitrogens with zero attached hydrogens (tertiary/aromatic N) is 1. The summed E-state index contributed by atoms with van der Waals surface area (Å²) in [5.41, 5.74) is 5.52. The summed E-state index contributed by atoms with van der Waals surface area (Å²) < 4.78 is 22.5. The first-order chi connectivity index (χ1) is 19.1. The number of anilines is 2. The molecular formula is C33H34N2O4. The van der Waals surface area contributed by atoms with Crippen molar-refractivity contribution in [3.63, 3.8) is 0 Å². The molecule has 0 saturated carbocycles. The summed E-state index contributed by atoms with van der Waals surface area (Å²) in [6, 6.07) is 33.0. The maximum absolute atomic E-state index is 5.69. The van der Waals surface area contributed by atoms with Crippen LogP contribution in [0.5, 0.6) is 23.0 Å². The van der Waals surface area contributed by atoms with Crippen molar-refractivity contribution in [3.05, 3.63) is 120 Å². The van der Waals surface area contributed by atoms with E-state index in [-0.39, 0.29) is 12.1 Å². The first kappa shape index (κ1) is 26.0. The van der Waals surface area contributed by atoms with Gasteiger partial charge in [0, 0.05) is 23.5 Å². The van der Waals surface area contributed by atoms with Gasteiger partial charge >= 0.3 is 0 Å². The van der Waals surface area contributed by atoms with E-state index in [0.717, 1.165) is 34.6 Å². The minimum Gasteiger partial charge on any atom is -0.493 e. The van der Waals surface area contributed by atoms with Crippen molar-refractivity contribution in [1.29, 1.82) is 0 Å². The quantitative estimate of drug-likeness (QED) is 0.247. The molecule has 6 heteroatoms. The Bertz CT molecular complexity index is 1420. The minimum absolute atomic E-state index is 0.00140. The van der Waals surface area contributed by atoms with E-state index in [1.807, 2.05) is 36.4 Å². The van der Waals surface area contributed by atoms with E-state index in [0.29, 0.717) is 23.0 Å². The van der Waals surface area contributed by atoms with Crippen LogP contribution >= 0.6 is 0 Å². The molecule has 39 heavy (non-hydrogen) atoms.